The van der Waals surface area contributed by atoms with Gasteiger partial charge in [0, 0.05) is 7.05 Å². The number of benzene rings is 1. The number of nitrogens with zero attached hydrogens (tertiary/aromatic N) is 1. The molecule has 1 aromatic rings. The Labute approximate surface area is 71.1 Å². The smallest absolute Gasteiger partial charge is 0.264 e. The van der Waals surface area contributed by atoms with Crippen molar-refractivity contribution in [2.75, 3.05) is 7.05 Å². The van der Waals surface area contributed by atoms with Crippen LogP contribution in [0.2, 0.25) is 0 Å². The molecule has 0 aliphatic heterocycles. The largest absolute Gasteiger partial charge is 0.299 e. The number of rotatable bonds is 2. The lowest BCUT2D eigenvalue weighted by Crippen LogP contribution is -2.22. The van der Waals surface area contributed by atoms with E-state index in [0.29, 0.717) is 0 Å². The normalized spacial score (nSPS) is 11.9. The van der Waals surface area contributed by atoms with E-state index in [4.69, 9.17) is 5.21 Å². The predicted molar refractivity (Wildman–Crippen MR) is 43.2 cm³/mol. The Balaban J connectivity index is 3.17. The summed E-state index contributed by atoms with van der Waals surface area (Å²) < 4.78 is 22.6. The topological polar surface area (TPSA) is 57.6 Å². The van der Waals surface area contributed by atoms with Crippen molar-refractivity contribution in [3.05, 3.63) is 30.3 Å². The molecule has 66 valence electrons. The lowest BCUT2D eigenvalue weighted by atomic mass is 10.4. The van der Waals surface area contributed by atoms with E-state index in [-0.39, 0.29) is 9.36 Å². The minimum Gasteiger partial charge on any atom is -0.299 e. The molecule has 0 spiro atoms. The molecule has 0 saturated carbocycles. The number of hydroxylamine groups is 1. The summed E-state index contributed by atoms with van der Waals surface area (Å²) in [4.78, 5) is 0.0787. The Morgan fingerprint density at radius 1 is 1.25 bits per heavy atom. The summed E-state index contributed by atoms with van der Waals surface area (Å²) >= 11 is 0. The van der Waals surface area contributed by atoms with Crippen LogP contribution in [0, 0.1) is 0 Å². The average Bonchev–Trinajstić information content (AvgIpc) is 2.06. The van der Waals surface area contributed by atoms with Gasteiger partial charge in [-0.3, -0.25) is 5.21 Å². The van der Waals surface area contributed by atoms with E-state index in [2.05, 4.69) is 0 Å². The van der Waals surface area contributed by atoms with E-state index in [1.54, 1.807) is 18.2 Å². The van der Waals surface area contributed by atoms with Gasteiger partial charge in [0.25, 0.3) is 10.0 Å². The Kier molecular flexibility index (Phi) is 2.46. The maximum Gasteiger partial charge on any atom is 0.264 e. The Morgan fingerprint density at radius 2 is 1.75 bits per heavy atom. The third kappa shape index (κ3) is 1.63. The highest BCUT2D eigenvalue weighted by atomic mass is 32.2. The van der Waals surface area contributed by atoms with E-state index < -0.39 is 10.0 Å². The number of hydrogen-bond acceptors (Lipinski definition) is 3. The van der Waals surface area contributed by atoms with Crippen molar-refractivity contribution in [1.29, 1.82) is 0 Å². The van der Waals surface area contributed by atoms with Crippen molar-refractivity contribution >= 4 is 10.0 Å². The molecule has 0 aliphatic carbocycles. The first-order valence-electron chi connectivity index (χ1n) is 3.28. The van der Waals surface area contributed by atoms with Gasteiger partial charge in [-0.25, -0.2) is 8.42 Å². The molecular formula is C7H9NO3S. The molecule has 5 heteroatoms. The third-order valence-electron chi connectivity index (χ3n) is 1.39. The van der Waals surface area contributed by atoms with Gasteiger partial charge in [-0.05, 0) is 12.1 Å². The molecule has 0 bridgehead atoms. The van der Waals surface area contributed by atoms with Gasteiger partial charge in [0.05, 0.1) is 4.90 Å². The third-order valence-corrected chi connectivity index (χ3v) is 2.95. The predicted octanol–water partition coefficient (Wildman–Crippen LogP) is 0.696. The van der Waals surface area contributed by atoms with Crippen molar-refractivity contribution < 1.29 is 13.6 Å². The fourth-order valence-electron chi connectivity index (χ4n) is 0.745. The second kappa shape index (κ2) is 3.22. The summed E-state index contributed by atoms with van der Waals surface area (Å²) in [7, 11) is -2.62. The van der Waals surface area contributed by atoms with Gasteiger partial charge in [0.1, 0.15) is 0 Å². The molecule has 0 aromatic heterocycles. The van der Waals surface area contributed by atoms with Crippen molar-refractivity contribution in [2.45, 2.75) is 4.90 Å². The molecule has 0 saturated heterocycles. The highest BCUT2D eigenvalue weighted by Gasteiger charge is 2.17. The van der Waals surface area contributed by atoms with E-state index in [0.717, 1.165) is 7.05 Å². The maximum atomic E-state index is 11.2. The second-order valence-corrected chi connectivity index (χ2v) is 4.20. The minimum absolute atomic E-state index is 0.0787. The number of hydrogen-bond donors (Lipinski definition) is 1. The molecule has 0 radical (unpaired) electrons. The molecule has 12 heavy (non-hydrogen) atoms. The Hall–Kier alpha value is -0.910. The van der Waals surface area contributed by atoms with Gasteiger partial charge < -0.3 is 0 Å². The van der Waals surface area contributed by atoms with Crippen LogP contribution in [0.15, 0.2) is 35.2 Å². The van der Waals surface area contributed by atoms with Crippen LogP contribution >= 0.6 is 0 Å². The van der Waals surface area contributed by atoms with E-state index in [1.165, 1.54) is 12.1 Å². The first-order chi connectivity index (χ1) is 5.55. The molecule has 0 fully saturated rings. The van der Waals surface area contributed by atoms with Crippen LogP contribution < -0.4 is 0 Å². The van der Waals surface area contributed by atoms with E-state index >= 15 is 0 Å². The fourth-order valence-corrected chi connectivity index (χ4v) is 1.55. The van der Waals surface area contributed by atoms with Crippen molar-refractivity contribution in [3.63, 3.8) is 0 Å². The number of sulfonamides is 1. The molecule has 0 heterocycles. The minimum atomic E-state index is -3.69. The SMILES string of the molecule is CN(O)S(=O)(=O)c1ccccc1. The van der Waals surface area contributed by atoms with E-state index in [9.17, 15) is 8.42 Å². The van der Waals surface area contributed by atoms with Gasteiger partial charge in [-0.1, -0.05) is 22.7 Å². The Bertz CT molecular complexity index is 344. The summed E-state index contributed by atoms with van der Waals surface area (Å²) in [6, 6.07) is 7.73. The summed E-state index contributed by atoms with van der Waals surface area (Å²) in [5, 5.41) is 8.78. The molecule has 1 N–H and O–H groups in total. The first-order valence-corrected chi connectivity index (χ1v) is 4.72. The zero-order valence-electron chi connectivity index (χ0n) is 6.51. The van der Waals surface area contributed by atoms with Gasteiger partial charge in [-0.2, -0.15) is 0 Å². The fraction of sp³-hybridized carbons (Fsp3) is 0.143. The van der Waals surface area contributed by atoms with Crippen LogP contribution in [0.5, 0.6) is 0 Å². The van der Waals surface area contributed by atoms with Gasteiger partial charge in [0.15, 0.2) is 0 Å². The molecular weight excluding hydrogens is 178 g/mol. The van der Waals surface area contributed by atoms with Crippen molar-refractivity contribution in [1.82, 2.24) is 4.47 Å². The average molecular weight is 187 g/mol. The lowest BCUT2D eigenvalue weighted by molar-refractivity contribution is 0.0310. The quantitative estimate of drug-likeness (QED) is 0.693. The van der Waals surface area contributed by atoms with Gasteiger partial charge in [0.2, 0.25) is 0 Å². The second-order valence-electron chi connectivity index (χ2n) is 2.25. The Morgan fingerprint density at radius 3 is 2.17 bits per heavy atom. The highest BCUT2D eigenvalue weighted by molar-refractivity contribution is 7.89. The lowest BCUT2D eigenvalue weighted by Gasteiger charge is -2.08. The van der Waals surface area contributed by atoms with Crippen molar-refractivity contribution in [3.8, 4) is 0 Å². The molecule has 0 aliphatic rings. The summed E-state index contributed by atoms with van der Waals surface area (Å²) in [6.45, 7) is 0. The molecule has 1 aromatic carbocycles. The summed E-state index contributed by atoms with van der Waals surface area (Å²) in [5.74, 6) is 0. The molecule has 1 rings (SSSR count). The van der Waals surface area contributed by atoms with Crippen LogP contribution in [0.1, 0.15) is 0 Å². The molecule has 0 atom stereocenters. The first kappa shape index (κ1) is 9.18. The van der Waals surface area contributed by atoms with Gasteiger partial charge in [-0.15, -0.1) is 0 Å². The molecule has 0 unspecified atom stereocenters. The summed E-state index contributed by atoms with van der Waals surface area (Å²) in [5.41, 5.74) is 0. The molecule has 0 amide bonds. The van der Waals surface area contributed by atoms with Crippen LogP contribution in [0.25, 0.3) is 0 Å². The van der Waals surface area contributed by atoms with Crippen LogP contribution in [0.3, 0.4) is 0 Å². The van der Waals surface area contributed by atoms with E-state index in [1.807, 2.05) is 0 Å². The van der Waals surface area contributed by atoms with Gasteiger partial charge >= 0.3 is 0 Å². The van der Waals surface area contributed by atoms with Crippen LogP contribution in [-0.2, 0) is 10.0 Å². The van der Waals surface area contributed by atoms with Crippen LogP contribution in [0.4, 0.5) is 0 Å². The zero-order valence-corrected chi connectivity index (χ0v) is 7.32. The molecule has 4 nitrogen and oxygen atoms in total. The highest BCUT2D eigenvalue weighted by Crippen LogP contribution is 2.10. The standard InChI is InChI=1S/C7H9NO3S/c1-8(9)12(10,11)7-5-3-2-4-6-7/h2-6,9H,1H3. The van der Waals surface area contributed by atoms with Crippen LogP contribution in [-0.4, -0.2) is 25.1 Å². The maximum absolute atomic E-state index is 11.2. The summed E-state index contributed by atoms with van der Waals surface area (Å²) in [6.07, 6.45) is 0. The zero-order chi connectivity index (χ0) is 9.19. The monoisotopic (exact) mass is 187 g/mol. The van der Waals surface area contributed by atoms with Crippen molar-refractivity contribution in [2.24, 2.45) is 0 Å².